The summed E-state index contributed by atoms with van der Waals surface area (Å²) < 4.78 is 6.26. The predicted octanol–water partition coefficient (Wildman–Crippen LogP) is 5.71. The van der Waals surface area contributed by atoms with E-state index in [2.05, 4.69) is 0 Å². The molecule has 0 aromatic heterocycles. The van der Waals surface area contributed by atoms with Crippen LogP contribution in [0.15, 0.2) is 47.1 Å². The smallest absolute Gasteiger partial charge is 0.202 e. The lowest BCUT2D eigenvalue weighted by molar-refractivity contribution is 0.0200. The van der Waals surface area contributed by atoms with E-state index in [1.165, 1.54) is 6.07 Å². The number of phenolic OH excluding ortho intramolecular Hbond substituents is 4. The summed E-state index contributed by atoms with van der Waals surface area (Å²) in [5.74, 6) is -2.15. The Labute approximate surface area is 217 Å². The molecule has 1 unspecified atom stereocenters. The van der Waals surface area contributed by atoms with Crippen molar-refractivity contribution in [3.8, 4) is 28.7 Å². The first-order valence-corrected chi connectivity index (χ1v) is 12.3. The Bertz CT molecular complexity index is 1300. The monoisotopic (exact) mass is 508 g/mol. The van der Waals surface area contributed by atoms with E-state index < -0.39 is 23.7 Å². The summed E-state index contributed by atoms with van der Waals surface area (Å²) in [5, 5.41) is 53.6. The Morgan fingerprint density at radius 1 is 0.784 bits per heavy atom. The summed E-state index contributed by atoms with van der Waals surface area (Å²) in [5.41, 5.74) is 4.37. The van der Waals surface area contributed by atoms with Crippen LogP contribution >= 0.6 is 0 Å². The number of Topliss-reactive ketones (excluding diaryl/α,β-unsaturated/α-hetero) is 1. The van der Waals surface area contributed by atoms with Crippen LogP contribution in [0.5, 0.6) is 28.7 Å². The van der Waals surface area contributed by atoms with Crippen molar-refractivity contribution < 1.29 is 35.1 Å². The molecule has 198 valence electrons. The van der Waals surface area contributed by atoms with Crippen molar-refractivity contribution in [1.29, 1.82) is 0 Å². The van der Waals surface area contributed by atoms with Crippen molar-refractivity contribution in [2.24, 2.45) is 0 Å². The number of hydrogen-bond donors (Lipinski definition) is 5. The van der Waals surface area contributed by atoms with Crippen molar-refractivity contribution >= 4 is 5.78 Å². The number of phenols is 4. The maximum absolute atomic E-state index is 13.4. The van der Waals surface area contributed by atoms with Crippen LogP contribution < -0.4 is 4.74 Å². The van der Waals surface area contributed by atoms with Crippen molar-refractivity contribution in [2.75, 3.05) is 0 Å². The maximum atomic E-state index is 13.4. The van der Waals surface area contributed by atoms with E-state index in [4.69, 9.17) is 4.74 Å². The number of ketones is 1. The number of aromatic hydroxyl groups is 4. The van der Waals surface area contributed by atoms with Crippen LogP contribution in [0.1, 0.15) is 80.3 Å². The lowest BCUT2D eigenvalue weighted by Crippen LogP contribution is -2.37. The molecule has 1 heterocycles. The molecule has 0 spiro atoms. The second kappa shape index (κ2) is 11.1. The van der Waals surface area contributed by atoms with Gasteiger partial charge in [0.25, 0.3) is 0 Å². The van der Waals surface area contributed by atoms with Crippen LogP contribution in [-0.2, 0) is 19.3 Å². The first-order chi connectivity index (χ1) is 17.3. The van der Waals surface area contributed by atoms with Gasteiger partial charge in [-0.15, -0.1) is 0 Å². The van der Waals surface area contributed by atoms with Gasteiger partial charge in [0.2, 0.25) is 5.78 Å². The molecule has 7 nitrogen and oxygen atoms in total. The summed E-state index contributed by atoms with van der Waals surface area (Å²) >= 11 is 0. The summed E-state index contributed by atoms with van der Waals surface area (Å²) in [6.07, 6.45) is 3.53. The molecule has 0 saturated carbocycles. The fraction of sp³-hybridized carbons (Fsp3) is 0.367. The van der Waals surface area contributed by atoms with E-state index in [-0.39, 0.29) is 41.4 Å². The Balaban J connectivity index is 2.31. The predicted molar refractivity (Wildman–Crippen MR) is 143 cm³/mol. The fourth-order valence-electron chi connectivity index (χ4n) is 4.37. The summed E-state index contributed by atoms with van der Waals surface area (Å²) in [4.78, 5) is 13.4. The van der Waals surface area contributed by atoms with Gasteiger partial charge in [0.1, 0.15) is 22.8 Å². The van der Waals surface area contributed by atoms with Crippen LogP contribution in [0.25, 0.3) is 0 Å². The fourth-order valence-corrected chi connectivity index (χ4v) is 4.37. The minimum atomic E-state index is -1.70. The quantitative estimate of drug-likeness (QED) is 0.239. The molecular formula is C30H36O7. The number of benzene rings is 2. The molecule has 1 aliphatic heterocycles. The van der Waals surface area contributed by atoms with Crippen LogP contribution in [0, 0.1) is 0 Å². The maximum Gasteiger partial charge on any atom is 0.202 e. The summed E-state index contributed by atoms with van der Waals surface area (Å²) in [7, 11) is 0. The van der Waals surface area contributed by atoms with E-state index in [1.807, 2.05) is 59.8 Å². The Morgan fingerprint density at radius 2 is 1.32 bits per heavy atom. The van der Waals surface area contributed by atoms with E-state index in [1.54, 1.807) is 0 Å². The molecule has 2 aromatic carbocycles. The third kappa shape index (κ3) is 5.83. The largest absolute Gasteiger partial charge is 0.507 e. The molecule has 0 fully saturated rings. The number of carbonyl (C=O) groups is 1. The first kappa shape index (κ1) is 27.9. The molecule has 0 bridgehead atoms. The Hall–Kier alpha value is -3.71. The minimum absolute atomic E-state index is 0.0100. The topological polar surface area (TPSA) is 127 Å². The molecule has 5 N–H and O–H groups in total. The highest BCUT2D eigenvalue weighted by molar-refractivity contribution is 6.06. The highest BCUT2D eigenvalue weighted by Gasteiger charge is 2.42. The average Bonchev–Trinajstić information content (AvgIpc) is 2.80. The zero-order chi connectivity index (χ0) is 27.6. The van der Waals surface area contributed by atoms with Gasteiger partial charge in [-0.3, -0.25) is 4.79 Å². The van der Waals surface area contributed by atoms with Crippen molar-refractivity contribution in [2.45, 2.75) is 73.0 Å². The number of aliphatic hydroxyl groups is 1. The Kier molecular flexibility index (Phi) is 8.39. The molecule has 3 rings (SSSR count). The van der Waals surface area contributed by atoms with E-state index in [0.29, 0.717) is 28.7 Å². The number of hydrogen-bond acceptors (Lipinski definition) is 7. The normalized spacial score (nSPS) is 16.5. The summed E-state index contributed by atoms with van der Waals surface area (Å²) in [6.45, 7) is 11.4. The lowest BCUT2D eigenvalue weighted by Gasteiger charge is -2.34. The number of aliphatic hydroxyl groups excluding tert-OH is 1. The molecule has 0 radical (unpaired) electrons. The Morgan fingerprint density at radius 3 is 1.89 bits per heavy atom. The molecule has 0 amide bonds. The molecular weight excluding hydrogens is 472 g/mol. The minimum Gasteiger partial charge on any atom is -0.507 e. The van der Waals surface area contributed by atoms with Gasteiger partial charge in [-0.05, 0) is 72.4 Å². The van der Waals surface area contributed by atoms with Crippen LogP contribution in [0.3, 0.4) is 0 Å². The van der Waals surface area contributed by atoms with Crippen LogP contribution in [-0.4, -0.2) is 37.4 Å². The van der Waals surface area contributed by atoms with Gasteiger partial charge in [-0.1, -0.05) is 34.9 Å². The van der Waals surface area contributed by atoms with Crippen molar-refractivity contribution in [3.63, 3.8) is 0 Å². The molecule has 7 heteroatoms. The van der Waals surface area contributed by atoms with Gasteiger partial charge in [0.15, 0.2) is 23.7 Å². The molecule has 0 saturated heterocycles. The zero-order valence-corrected chi connectivity index (χ0v) is 22.2. The first-order valence-electron chi connectivity index (χ1n) is 12.3. The third-order valence-electron chi connectivity index (χ3n) is 6.34. The number of allylic oxidation sites excluding steroid dienone is 6. The number of carbonyl (C=O) groups excluding carboxylic acids is 1. The second-order valence-electron chi connectivity index (χ2n) is 10.2. The van der Waals surface area contributed by atoms with E-state index in [9.17, 15) is 30.3 Å². The molecule has 2 atom stereocenters. The highest BCUT2D eigenvalue weighted by Crippen LogP contribution is 2.48. The van der Waals surface area contributed by atoms with Crippen molar-refractivity contribution in [3.05, 3.63) is 74.9 Å². The van der Waals surface area contributed by atoms with Gasteiger partial charge in [0, 0.05) is 22.8 Å². The number of ether oxygens (including phenoxy) is 1. The standard InChI is InChI=1S/C30H36O7/c1-15(2)7-10-18-13-23(33)26(34)20(12-9-17(5)6)24(18)30-28(36)27(35)25-22(32)14-21(31)19(29(25)37-30)11-8-16(3)4/h7-9,13-14,28,30-34,36H,10-12H2,1-6H3/t28-,30?/m0/s1. The van der Waals surface area contributed by atoms with E-state index >= 15 is 0 Å². The van der Waals surface area contributed by atoms with E-state index in [0.717, 1.165) is 22.8 Å². The van der Waals surface area contributed by atoms with Gasteiger partial charge >= 0.3 is 0 Å². The van der Waals surface area contributed by atoms with Crippen LogP contribution in [0.2, 0.25) is 0 Å². The van der Waals surface area contributed by atoms with Gasteiger partial charge < -0.3 is 30.3 Å². The molecule has 37 heavy (non-hydrogen) atoms. The summed E-state index contributed by atoms with van der Waals surface area (Å²) in [6, 6.07) is 2.49. The molecule has 1 aliphatic rings. The number of rotatable bonds is 7. The highest BCUT2D eigenvalue weighted by atomic mass is 16.5. The van der Waals surface area contributed by atoms with Gasteiger partial charge in [-0.2, -0.15) is 0 Å². The SMILES string of the molecule is CC(C)=CCc1cc(O)c(O)c(CC=C(C)C)c1C1Oc2c(CC=C(C)C)c(O)cc(O)c2C(=O)[C@@H]1O. The molecule has 0 aliphatic carbocycles. The van der Waals surface area contributed by atoms with Crippen molar-refractivity contribution in [1.82, 2.24) is 0 Å². The van der Waals surface area contributed by atoms with Gasteiger partial charge in [0.05, 0.1) is 0 Å². The molecule has 2 aromatic rings. The zero-order valence-electron chi connectivity index (χ0n) is 22.2. The average molecular weight is 509 g/mol. The third-order valence-corrected chi connectivity index (χ3v) is 6.34. The van der Waals surface area contributed by atoms with Crippen LogP contribution in [0.4, 0.5) is 0 Å². The second-order valence-corrected chi connectivity index (χ2v) is 10.2. The number of fused-ring (bicyclic) bond motifs is 1. The lowest BCUT2D eigenvalue weighted by atomic mass is 9.84. The van der Waals surface area contributed by atoms with Gasteiger partial charge in [-0.25, -0.2) is 0 Å².